The minimum Gasteiger partial charge on any atom is -0.478 e. The Morgan fingerprint density at radius 1 is 1.32 bits per heavy atom. The van der Waals surface area contributed by atoms with Crippen LogP contribution in [0.4, 0.5) is 5.13 Å². The third-order valence-corrected chi connectivity index (χ3v) is 7.47. The van der Waals surface area contributed by atoms with Crippen molar-refractivity contribution in [3.05, 3.63) is 47.1 Å². The van der Waals surface area contributed by atoms with E-state index in [4.69, 9.17) is 10.6 Å². The first-order chi connectivity index (χ1) is 17.5. The maximum Gasteiger partial charge on any atom is 0.352 e. The van der Waals surface area contributed by atoms with Gasteiger partial charge in [-0.3, -0.25) is 19.5 Å². The van der Waals surface area contributed by atoms with E-state index in [2.05, 4.69) is 20.4 Å². The average molecular weight is 549 g/mol. The molecule has 194 valence electrons. The van der Waals surface area contributed by atoms with Crippen LogP contribution in [0.3, 0.4) is 0 Å². The van der Waals surface area contributed by atoms with E-state index in [1.54, 1.807) is 29.4 Å². The highest BCUT2D eigenvalue weighted by Gasteiger charge is 2.54. The van der Waals surface area contributed by atoms with Crippen LogP contribution >= 0.6 is 23.1 Å². The summed E-state index contributed by atoms with van der Waals surface area (Å²) >= 11 is 2.34. The van der Waals surface area contributed by atoms with Crippen molar-refractivity contribution in [3.8, 4) is 0 Å². The van der Waals surface area contributed by atoms with Gasteiger partial charge in [-0.2, -0.15) is 4.57 Å². The Labute approximate surface area is 217 Å². The molecule has 1 fully saturated rings. The number of nitrogens with one attached hydrogen (secondary N) is 1. The van der Waals surface area contributed by atoms with Gasteiger partial charge in [0.25, 0.3) is 11.8 Å². The summed E-state index contributed by atoms with van der Waals surface area (Å²) in [5.74, 6) is -3.71. The van der Waals surface area contributed by atoms with Gasteiger partial charge in [-0.15, -0.1) is 23.1 Å². The Balaban J connectivity index is 1.55. The van der Waals surface area contributed by atoms with Crippen LogP contribution in [0.5, 0.6) is 0 Å². The summed E-state index contributed by atoms with van der Waals surface area (Å²) in [6.45, 7) is 2.75. The summed E-state index contributed by atoms with van der Waals surface area (Å²) in [5, 5.41) is 26.3. The molecule has 0 spiro atoms. The van der Waals surface area contributed by atoms with Gasteiger partial charge in [0.1, 0.15) is 22.8 Å². The van der Waals surface area contributed by atoms with Crippen LogP contribution in [0.1, 0.15) is 19.5 Å². The Kier molecular flexibility index (Phi) is 7.13. The number of amides is 2. The molecule has 1 unspecified atom stereocenters. The van der Waals surface area contributed by atoms with Gasteiger partial charge in [0.2, 0.25) is 5.60 Å². The Morgan fingerprint density at radius 2 is 2.03 bits per heavy atom. The van der Waals surface area contributed by atoms with Gasteiger partial charge < -0.3 is 26.1 Å². The number of hydrogen-bond acceptors (Lipinski definition) is 11. The van der Waals surface area contributed by atoms with E-state index in [1.165, 1.54) is 31.0 Å². The minimum absolute atomic E-state index is 0.0314. The molecule has 1 saturated heterocycles. The van der Waals surface area contributed by atoms with Crippen molar-refractivity contribution in [1.29, 1.82) is 0 Å². The van der Waals surface area contributed by atoms with Gasteiger partial charge in [0.05, 0.1) is 12.4 Å². The van der Waals surface area contributed by atoms with E-state index >= 15 is 0 Å². The van der Waals surface area contributed by atoms with E-state index in [9.17, 15) is 29.4 Å². The number of thioether (sulfide) groups is 1. The van der Waals surface area contributed by atoms with Gasteiger partial charge in [0.15, 0.2) is 29.8 Å². The zero-order valence-electron chi connectivity index (χ0n) is 19.5. The van der Waals surface area contributed by atoms with Crippen LogP contribution in [-0.4, -0.2) is 77.3 Å². The molecule has 0 radical (unpaired) electrons. The second kappa shape index (κ2) is 10.1. The Morgan fingerprint density at radius 3 is 2.62 bits per heavy atom. The first-order valence-corrected chi connectivity index (χ1v) is 12.6. The highest BCUT2D eigenvalue weighted by molar-refractivity contribution is 8.00. The normalized spacial score (nSPS) is 19.7. The first-order valence-electron chi connectivity index (χ1n) is 10.7. The monoisotopic (exact) mass is 548 g/mol. The Hall–Kier alpha value is -4.05. The fourth-order valence-corrected chi connectivity index (χ4v) is 5.37. The molecule has 4 heterocycles. The molecule has 14 nitrogen and oxygen atoms in total. The van der Waals surface area contributed by atoms with Gasteiger partial charge in [0, 0.05) is 16.7 Å². The molecular weight excluding hydrogens is 526 g/mol. The molecule has 2 atom stereocenters. The van der Waals surface area contributed by atoms with E-state index < -0.39 is 40.8 Å². The number of carboxylic acid groups (broad SMARTS) is 2. The standard InChI is InChI=1S/C21H21N7O7S2/c1-21(2,19(33)34)35-26-12(11-9-37-20(22)24-11)15(29)25-13-16(30)28-14(18(31)32)10(8-36-17(13)28)7-27-5-3-23-4-6-27/h3-6,9,13,17H,7-8H2,1-2H3,(H4-,22,24,25,29,31,32,33,34)/p+1/t13?,17-/m0/s1. The van der Waals surface area contributed by atoms with Crippen molar-refractivity contribution >= 4 is 57.7 Å². The lowest BCUT2D eigenvalue weighted by molar-refractivity contribution is -0.689. The second-order valence-corrected chi connectivity index (χ2v) is 10.4. The van der Waals surface area contributed by atoms with E-state index in [1.807, 2.05) is 0 Å². The molecule has 2 aromatic heterocycles. The van der Waals surface area contributed by atoms with Gasteiger partial charge in [-0.25, -0.2) is 14.6 Å². The molecule has 2 amide bonds. The van der Waals surface area contributed by atoms with Gasteiger partial charge in [-0.05, 0) is 13.8 Å². The third kappa shape index (κ3) is 5.24. The number of anilines is 1. The number of β-lactam (4-membered cyclic amide) rings is 1. The fraction of sp³-hybridized carbons (Fsp3) is 0.333. The SMILES string of the molecule is CC(C)(ON=C(C(=O)NC1C(=O)N2C(C(=O)O)=C(C[n+]3ccncc3)CS[C@@H]12)c1csc(N)n1)C(=O)O. The maximum absolute atomic E-state index is 13.1. The maximum atomic E-state index is 13.1. The number of nitrogens with zero attached hydrogens (tertiary/aromatic N) is 5. The van der Waals surface area contributed by atoms with E-state index in [0.717, 1.165) is 16.2 Å². The number of hydrogen-bond donors (Lipinski definition) is 4. The molecular formula is C21H22N7O7S2+. The average Bonchev–Trinajstić information content (AvgIpc) is 3.28. The lowest BCUT2D eigenvalue weighted by atomic mass is 10.0. The van der Waals surface area contributed by atoms with Crippen LogP contribution in [0.15, 0.2) is 46.6 Å². The largest absolute Gasteiger partial charge is 0.478 e. The van der Waals surface area contributed by atoms with Crippen molar-refractivity contribution in [2.75, 3.05) is 11.5 Å². The van der Waals surface area contributed by atoms with Crippen LogP contribution in [0.25, 0.3) is 0 Å². The number of aliphatic carboxylic acids is 2. The van der Waals surface area contributed by atoms with Crippen LogP contribution < -0.4 is 15.6 Å². The molecule has 0 aromatic carbocycles. The minimum atomic E-state index is -1.75. The number of fused-ring (bicyclic) bond motifs is 1. The van der Waals surface area contributed by atoms with Gasteiger partial charge >= 0.3 is 11.9 Å². The first kappa shape index (κ1) is 26.0. The molecule has 0 saturated carbocycles. The fourth-order valence-electron chi connectivity index (χ4n) is 3.49. The number of nitrogens with two attached hydrogens (primary N) is 1. The number of aromatic nitrogens is 3. The predicted molar refractivity (Wildman–Crippen MR) is 130 cm³/mol. The van der Waals surface area contributed by atoms with Gasteiger partial charge in [-0.1, -0.05) is 5.16 Å². The van der Waals surface area contributed by atoms with E-state index in [-0.39, 0.29) is 28.8 Å². The lowest BCUT2D eigenvalue weighted by Crippen LogP contribution is -2.71. The molecule has 16 heteroatoms. The third-order valence-electron chi connectivity index (χ3n) is 5.46. The number of carbonyl (C=O) groups is 4. The molecule has 2 aliphatic rings. The topological polar surface area (TPSA) is 201 Å². The molecule has 2 aliphatic heterocycles. The summed E-state index contributed by atoms with van der Waals surface area (Å²) in [5.41, 5.74) is 3.97. The highest BCUT2D eigenvalue weighted by atomic mass is 32.2. The second-order valence-electron chi connectivity index (χ2n) is 8.45. The Bertz CT molecular complexity index is 1330. The summed E-state index contributed by atoms with van der Waals surface area (Å²) in [7, 11) is 0. The molecule has 0 aliphatic carbocycles. The molecule has 37 heavy (non-hydrogen) atoms. The number of carbonyl (C=O) groups excluding carboxylic acids is 2. The number of carboxylic acids is 2. The van der Waals surface area contributed by atoms with Crippen molar-refractivity contribution < 1.29 is 38.8 Å². The number of thiazole rings is 1. The molecule has 2 aromatic rings. The predicted octanol–water partition coefficient (Wildman–Crippen LogP) is -0.569. The van der Waals surface area contributed by atoms with Crippen molar-refractivity contribution in [2.24, 2.45) is 5.16 Å². The molecule has 4 rings (SSSR count). The van der Waals surface area contributed by atoms with Crippen molar-refractivity contribution in [2.45, 2.75) is 37.4 Å². The quantitative estimate of drug-likeness (QED) is 0.135. The van der Waals surface area contributed by atoms with Crippen LogP contribution in [-0.2, 0) is 30.6 Å². The smallest absolute Gasteiger partial charge is 0.352 e. The van der Waals surface area contributed by atoms with Crippen LogP contribution in [0, 0.1) is 0 Å². The summed E-state index contributed by atoms with van der Waals surface area (Å²) < 4.78 is 1.75. The lowest BCUT2D eigenvalue weighted by Gasteiger charge is -2.49. The van der Waals surface area contributed by atoms with E-state index in [0.29, 0.717) is 11.3 Å². The van der Waals surface area contributed by atoms with Crippen molar-refractivity contribution in [1.82, 2.24) is 20.2 Å². The molecule has 5 N–H and O–H groups in total. The molecule has 0 bridgehead atoms. The van der Waals surface area contributed by atoms with Crippen LogP contribution in [0.2, 0.25) is 0 Å². The van der Waals surface area contributed by atoms with Crippen molar-refractivity contribution in [3.63, 3.8) is 0 Å². The zero-order valence-corrected chi connectivity index (χ0v) is 21.2. The number of oxime groups is 1. The summed E-state index contributed by atoms with van der Waals surface area (Å²) in [6.07, 6.45) is 6.50. The summed E-state index contributed by atoms with van der Waals surface area (Å²) in [6, 6.07) is -1.05. The highest BCUT2D eigenvalue weighted by Crippen LogP contribution is 2.40. The zero-order chi connectivity index (χ0) is 26.9. The number of rotatable bonds is 9. The summed E-state index contributed by atoms with van der Waals surface area (Å²) in [4.78, 5) is 63.7. The number of nitrogen functional groups attached to an aromatic ring is 1.